The Hall–Kier alpha value is -3.51. The molecule has 0 spiro atoms. The van der Waals surface area contributed by atoms with Gasteiger partial charge < -0.3 is 40.9 Å². The van der Waals surface area contributed by atoms with Crippen molar-refractivity contribution in [2.75, 3.05) is 6.61 Å². The number of rotatable bonds is 5. The Morgan fingerprint density at radius 1 is 0.900 bits per heavy atom. The smallest absolute Gasteiger partial charge is 0.394 e. The molecule has 1 aromatic carbocycles. The molecule has 1 rings (SSSR count). The Balaban J connectivity index is -0.000000346. The molecule has 0 aliphatic heterocycles. The van der Waals surface area contributed by atoms with Crippen molar-refractivity contribution in [2.45, 2.75) is 12.5 Å². The Kier molecular flexibility index (Phi) is 16.0. The zero-order valence-corrected chi connectivity index (χ0v) is 15.4. The van der Waals surface area contributed by atoms with E-state index in [4.69, 9.17) is 63.2 Å². The first-order valence-electron chi connectivity index (χ1n) is 6.82. The minimum Gasteiger partial charge on any atom is -0.508 e. The van der Waals surface area contributed by atoms with E-state index in [1.807, 2.05) is 0 Å². The quantitative estimate of drug-likeness (QED) is 0.169. The number of benzene rings is 1. The van der Waals surface area contributed by atoms with Crippen LogP contribution in [-0.4, -0.2) is 95.0 Å². The molecule has 1 unspecified atom stereocenters. The average Bonchev–Trinajstić information content (AvgIpc) is 2.55. The number of aromatic hydroxyl groups is 2. The van der Waals surface area contributed by atoms with E-state index in [0.29, 0.717) is 0 Å². The largest absolute Gasteiger partial charge is 0.508 e. The highest BCUT2D eigenvalue weighted by molar-refractivity contribution is 7.79. The van der Waals surface area contributed by atoms with Crippen molar-refractivity contribution in [1.82, 2.24) is 0 Å². The van der Waals surface area contributed by atoms with Crippen LogP contribution in [0.1, 0.15) is 16.8 Å². The second-order valence-corrected chi connectivity index (χ2v) is 5.35. The van der Waals surface area contributed by atoms with Gasteiger partial charge in [-0.1, -0.05) is 0 Å². The number of carboxylic acid groups (broad SMARTS) is 4. The van der Waals surface area contributed by atoms with Gasteiger partial charge in [0.15, 0.2) is 6.10 Å². The Morgan fingerprint density at radius 3 is 1.50 bits per heavy atom. The lowest BCUT2D eigenvalue weighted by atomic mass is 10.2. The highest BCUT2D eigenvalue weighted by Gasteiger charge is 2.16. The molecule has 0 saturated carbocycles. The molecule has 172 valence electrons. The minimum atomic E-state index is -4.67. The maximum atomic E-state index is 10.3. The lowest BCUT2D eigenvalue weighted by Crippen LogP contribution is -2.22. The first-order chi connectivity index (χ1) is 13.4. The van der Waals surface area contributed by atoms with Gasteiger partial charge in [-0.05, 0) is 18.2 Å². The number of aliphatic carboxylic acids is 3. The molecule has 0 saturated heterocycles. The number of phenolic OH excluding ortho intramolecular Hbond substituents is 1. The number of hydrogen-bond donors (Lipinski definition) is 10. The molecule has 1 atom stereocenters. The zero-order valence-electron chi connectivity index (χ0n) is 14.6. The molecule has 0 aliphatic carbocycles. The van der Waals surface area contributed by atoms with Gasteiger partial charge in [-0.3, -0.25) is 13.9 Å². The van der Waals surface area contributed by atoms with Gasteiger partial charge in [0.05, 0.1) is 6.42 Å². The van der Waals surface area contributed by atoms with E-state index in [1.54, 1.807) is 0 Å². The van der Waals surface area contributed by atoms with Crippen LogP contribution in [0.4, 0.5) is 0 Å². The number of hydrogen-bond acceptors (Lipinski definition) is 10. The number of aliphatic hydroxyl groups is 2. The number of phenols is 2. The molecule has 0 fully saturated rings. The van der Waals surface area contributed by atoms with Crippen molar-refractivity contribution in [3.63, 3.8) is 0 Å². The van der Waals surface area contributed by atoms with Crippen molar-refractivity contribution in [2.24, 2.45) is 0 Å². The second kappa shape index (κ2) is 15.4. The molecule has 0 aliphatic rings. The lowest BCUT2D eigenvalue weighted by molar-refractivity contribution is -0.152. The van der Waals surface area contributed by atoms with Gasteiger partial charge in [0.1, 0.15) is 23.7 Å². The minimum absolute atomic E-state index is 0.180. The van der Waals surface area contributed by atoms with E-state index >= 15 is 0 Å². The van der Waals surface area contributed by atoms with Crippen LogP contribution < -0.4 is 0 Å². The van der Waals surface area contributed by atoms with Crippen molar-refractivity contribution in [3.8, 4) is 11.5 Å². The molecule has 10 N–H and O–H groups in total. The molecule has 0 aromatic heterocycles. The molecule has 17 heteroatoms. The summed E-state index contributed by atoms with van der Waals surface area (Å²) in [6, 6.07) is 3.32. The standard InChI is InChI=1S/C7H6O4.C4H6O5.C2H4O3.H2O4S/c8-4-1-2-6(9)5(3-4)7(10)11;5-2(4(8)9)1-3(6)7;3-1-2(4)5;1-5(2,3)4/h1-3,8-9H,(H,10,11);2,5H,1H2,(H,6,7)(H,8,9);3H,1H2,(H,4,5);(H2,1,2,3,4). The third kappa shape index (κ3) is 24.5. The van der Waals surface area contributed by atoms with Gasteiger partial charge in [0.2, 0.25) is 0 Å². The van der Waals surface area contributed by atoms with Gasteiger partial charge in [-0.25, -0.2) is 14.4 Å². The Labute approximate surface area is 167 Å². The highest BCUT2D eigenvalue weighted by atomic mass is 32.3. The molecular formula is C13H18O16S. The van der Waals surface area contributed by atoms with Crippen LogP contribution in [0.25, 0.3) is 0 Å². The van der Waals surface area contributed by atoms with E-state index in [-0.39, 0.29) is 17.1 Å². The molecule has 16 nitrogen and oxygen atoms in total. The summed E-state index contributed by atoms with van der Waals surface area (Å²) in [5.41, 5.74) is -0.301. The SMILES string of the molecule is O=C(O)CC(O)C(=O)O.O=C(O)CO.O=C(O)c1cc(O)ccc1O.O=S(=O)(O)O. The molecule has 30 heavy (non-hydrogen) atoms. The van der Waals surface area contributed by atoms with Crippen molar-refractivity contribution in [3.05, 3.63) is 23.8 Å². The molecule has 0 bridgehead atoms. The van der Waals surface area contributed by atoms with Gasteiger partial charge in [0.25, 0.3) is 0 Å². The fraction of sp³-hybridized carbons (Fsp3) is 0.231. The number of aliphatic hydroxyl groups excluding tert-OH is 2. The Bertz CT molecular complexity index is 806. The predicted octanol–water partition coefficient (Wildman–Crippen LogP) is -1.89. The third-order valence-electron chi connectivity index (χ3n) is 2.00. The molecule has 0 amide bonds. The summed E-state index contributed by atoms with van der Waals surface area (Å²) < 4.78 is 31.6. The summed E-state index contributed by atoms with van der Waals surface area (Å²) in [6.07, 6.45) is -2.54. The normalized spacial score (nSPS) is 10.4. The summed E-state index contributed by atoms with van der Waals surface area (Å²) in [5.74, 6) is -5.83. The van der Waals surface area contributed by atoms with Gasteiger partial charge >= 0.3 is 34.3 Å². The lowest BCUT2D eigenvalue weighted by Gasteiger charge is -1.98. The maximum Gasteiger partial charge on any atom is 0.394 e. The van der Waals surface area contributed by atoms with Crippen molar-refractivity contribution in [1.29, 1.82) is 0 Å². The summed E-state index contributed by atoms with van der Waals surface area (Å²) in [7, 11) is -4.67. The van der Waals surface area contributed by atoms with Crippen LogP contribution in [-0.2, 0) is 24.8 Å². The van der Waals surface area contributed by atoms with Crippen LogP contribution >= 0.6 is 0 Å². The summed E-state index contributed by atoms with van der Waals surface area (Å²) in [4.78, 5) is 38.8. The van der Waals surface area contributed by atoms with Crippen LogP contribution in [0, 0.1) is 0 Å². The average molecular weight is 462 g/mol. The van der Waals surface area contributed by atoms with Gasteiger partial charge in [0, 0.05) is 0 Å². The number of carboxylic acids is 4. The zero-order chi connectivity index (χ0) is 24.7. The first-order valence-corrected chi connectivity index (χ1v) is 8.22. The summed E-state index contributed by atoms with van der Waals surface area (Å²) in [5, 5.41) is 65.3. The van der Waals surface area contributed by atoms with Crippen LogP contribution in [0.2, 0.25) is 0 Å². The van der Waals surface area contributed by atoms with E-state index in [1.165, 1.54) is 6.07 Å². The van der Waals surface area contributed by atoms with Crippen molar-refractivity contribution < 1.29 is 77.6 Å². The topological polar surface area (TPSA) is 305 Å². The van der Waals surface area contributed by atoms with E-state index in [9.17, 15) is 14.4 Å². The van der Waals surface area contributed by atoms with E-state index in [2.05, 4.69) is 0 Å². The van der Waals surface area contributed by atoms with E-state index < -0.39 is 53.4 Å². The summed E-state index contributed by atoms with van der Waals surface area (Å²) in [6.45, 7) is -0.778. The van der Waals surface area contributed by atoms with E-state index in [0.717, 1.165) is 12.1 Å². The number of aromatic carboxylic acids is 1. The van der Waals surface area contributed by atoms with Gasteiger partial charge in [-0.15, -0.1) is 0 Å². The van der Waals surface area contributed by atoms with Crippen LogP contribution in [0.3, 0.4) is 0 Å². The second-order valence-electron chi connectivity index (χ2n) is 4.46. The fourth-order valence-corrected chi connectivity index (χ4v) is 0.948. The molecule has 0 radical (unpaired) electrons. The van der Waals surface area contributed by atoms with Crippen LogP contribution in [0.15, 0.2) is 18.2 Å². The molecule has 0 heterocycles. The maximum absolute atomic E-state index is 10.3. The fourth-order valence-electron chi connectivity index (χ4n) is 0.948. The Morgan fingerprint density at radius 2 is 1.30 bits per heavy atom. The summed E-state index contributed by atoms with van der Waals surface area (Å²) >= 11 is 0. The monoisotopic (exact) mass is 462 g/mol. The third-order valence-corrected chi connectivity index (χ3v) is 2.00. The number of carbonyl (C=O) groups is 4. The van der Waals surface area contributed by atoms with Crippen LogP contribution in [0.5, 0.6) is 11.5 Å². The molecule has 1 aromatic rings. The first kappa shape index (κ1) is 31.2. The highest BCUT2D eigenvalue weighted by Crippen LogP contribution is 2.21. The molecular weight excluding hydrogens is 444 g/mol. The predicted molar refractivity (Wildman–Crippen MR) is 91.5 cm³/mol. The van der Waals surface area contributed by atoms with Crippen molar-refractivity contribution >= 4 is 34.3 Å². The van der Waals surface area contributed by atoms with Gasteiger partial charge in [-0.2, -0.15) is 8.42 Å².